The third-order valence-corrected chi connectivity index (χ3v) is 12.8. The predicted molar refractivity (Wildman–Crippen MR) is 220 cm³/mol. The Morgan fingerprint density at radius 2 is 0.781 bits per heavy atom. The minimum absolute atomic E-state index is 0. The van der Waals surface area contributed by atoms with Crippen LogP contribution < -0.4 is 38.0 Å². The molecule has 14 N–H and O–H groups in total. The van der Waals surface area contributed by atoms with E-state index >= 15 is 0 Å². The summed E-state index contributed by atoms with van der Waals surface area (Å²) in [7, 11) is 0. The molecule has 3 aromatic rings. The normalized spacial score (nSPS) is 24.6. The van der Waals surface area contributed by atoms with Crippen molar-refractivity contribution in [3.8, 4) is 17.2 Å². The first-order chi connectivity index (χ1) is 29.8. The van der Waals surface area contributed by atoms with E-state index in [9.17, 15) is 74.7 Å². The van der Waals surface area contributed by atoms with Gasteiger partial charge in [0.2, 0.25) is 16.3 Å². The maximum Gasteiger partial charge on any atom is 3.00 e. The van der Waals surface area contributed by atoms with Gasteiger partial charge in [0.15, 0.2) is 34.3 Å². The Morgan fingerprint density at radius 3 is 1.02 bits per heavy atom. The Labute approximate surface area is 397 Å². The van der Waals surface area contributed by atoms with Gasteiger partial charge < -0.3 is 81.3 Å². The summed E-state index contributed by atoms with van der Waals surface area (Å²) in [6, 6.07) is 3.01. The molecule has 4 bridgehead atoms. The number of hydrogen-bond donors (Lipinski definition) is 13. The van der Waals surface area contributed by atoms with Gasteiger partial charge in [0.25, 0.3) is 17.7 Å². The molecule has 0 saturated heterocycles. The van der Waals surface area contributed by atoms with Gasteiger partial charge in [-0.3, -0.25) is 28.8 Å². The van der Waals surface area contributed by atoms with E-state index in [0.29, 0.717) is 38.5 Å². The molecule has 0 aromatic carbocycles. The number of pyridine rings is 3. The Hall–Kier alpha value is -4.30. The Morgan fingerprint density at radius 1 is 0.531 bits per heavy atom. The molecule has 3 atom stereocenters. The van der Waals surface area contributed by atoms with Crippen molar-refractivity contribution in [3.63, 3.8) is 0 Å². The number of carbonyl (C=O) groups excluding carboxylic acids is 3. The monoisotopic (exact) mass is 1040 g/mol. The maximum absolute atomic E-state index is 13.9. The summed E-state index contributed by atoms with van der Waals surface area (Å²) in [6.07, 6.45) is 1.99. The van der Waals surface area contributed by atoms with Crippen LogP contribution in [0.15, 0.2) is 51.2 Å². The standard InChI is InChI=1S/C41H55N7O15.Gd/c42-19-38-13-39(20-43-35(61)29-32(58)26(55)1-4-46(29)7-23(52)10-49)16-40(14-38,21-44-36(62)30-33(59)27(56)2-5-47(30)8-24(53)11-50)18-41(15-38,17-39)22-45-37(63)31-34(60)28(57)3-6-48(31)9-25(54)12-51;/h1-6,23-25,49-54,58-60H,7-22,42H2,(H,43,61)(H,44,62)(H,45,63);/q;+3. The van der Waals surface area contributed by atoms with Gasteiger partial charge in [-0.25, -0.2) is 0 Å². The molecule has 3 amide bonds. The molecule has 4 aliphatic rings. The summed E-state index contributed by atoms with van der Waals surface area (Å²) < 4.78 is 3.41. The average Bonchev–Trinajstić information content (AvgIpc) is 3.24. The zero-order chi connectivity index (χ0) is 46.1. The van der Waals surface area contributed by atoms with E-state index in [0.717, 1.165) is 31.9 Å². The van der Waals surface area contributed by atoms with Crippen molar-refractivity contribution >= 4 is 17.7 Å². The number of aliphatic hydroxyl groups excluding tert-OH is 6. The number of rotatable bonds is 19. The minimum Gasteiger partial charge on any atom is -0.503 e. The molecule has 4 saturated carbocycles. The van der Waals surface area contributed by atoms with Crippen molar-refractivity contribution < 1.29 is 100 Å². The van der Waals surface area contributed by atoms with Crippen molar-refractivity contribution in [1.82, 2.24) is 29.7 Å². The zero-order valence-corrected chi connectivity index (χ0v) is 37.0. The van der Waals surface area contributed by atoms with Gasteiger partial charge in [-0.15, -0.1) is 0 Å². The second-order valence-electron chi connectivity index (χ2n) is 17.9. The first-order valence-corrected chi connectivity index (χ1v) is 20.5. The number of nitrogens with one attached hydrogen (secondary N) is 3. The number of aromatic hydroxyl groups is 3. The molecule has 23 heteroatoms. The molecule has 3 aromatic heterocycles. The van der Waals surface area contributed by atoms with E-state index in [4.69, 9.17) is 5.73 Å². The van der Waals surface area contributed by atoms with Crippen LogP contribution in [0.1, 0.15) is 70.0 Å². The van der Waals surface area contributed by atoms with Crippen LogP contribution in [0.3, 0.4) is 0 Å². The maximum atomic E-state index is 13.9. The molecule has 64 heavy (non-hydrogen) atoms. The van der Waals surface area contributed by atoms with Gasteiger partial charge in [-0.05, 0) is 66.7 Å². The third kappa shape index (κ3) is 10.4. The van der Waals surface area contributed by atoms with Crippen LogP contribution in [0.5, 0.6) is 17.2 Å². The van der Waals surface area contributed by atoms with Gasteiger partial charge in [-0.2, -0.15) is 0 Å². The third-order valence-electron chi connectivity index (χ3n) is 12.8. The van der Waals surface area contributed by atoms with E-state index in [1.807, 2.05) is 0 Å². The van der Waals surface area contributed by atoms with Gasteiger partial charge in [0.05, 0.1) is 57.8 Å². The number of nitrogens with two attached hydrogens (primary N) is 1. The second-order valence-corrected chi connectivity index (χ2v) is 17.9. The van der Waals surface area contributed by atoms with Crippen molar-refractivity contribution in [2.75, 3.05) is 46.0 Å². The smallest absolute Gasteiger partial charge is 0.503 e. The molecular formula is C41H55GdN7O15+3. The first-order valence-electron chi connectivity index (χ1n) is 20.5. The second kappa shape index (κ2) is 20.1. The zero-order valence-electron chi connectivity index (χ0n) is 34.8. The molecule has 7 rings (SSSR count). The largest absolute Gasteiger partial charge is 3.00 e. The number of aliphatic hydroxyl groups is 6. The molecular weight excluding hydrogens is 988 g/mol. The van der Waals surface area contributed by atoms with Crippen LogP contribution >= 0.6 is 0 Å². The van der Waals surface area contributed by atoms with E-state index in [1.54, 1.807) is 0 Å². The van der Waals surface area contributed by atoms with E-state index in [2.05, 4.69) is 16.0 Å². The molecule has 349 valence electrons. The number of amides is 3. The fraction of sp³-hybridized carbons (Fsp3) is 0.561. The summed E-state index contributed by atoms with van der Waals surface area (Å²) in [5, 5.41) is 99.6. The van der Waals surface area contributed by atoms with Crippen molar-refractivity contribution in [2.45, 2.75) is 76.5 Å². The molecule has 0 spiro atoms. The van der Waals surface area contributed by atoms with Crippen LogP contribution in [0.2, 0.25) is 0 Å². The van der Waals surface area contributed by atoms with E-state index in [-0.39, 0.29) is 85.8 Å². The van der Waals surface area contributed by atoms with E-state index in [1.165, 1.54) is 18.6 Å². The molecule has 3 heterocycles. The van der Waals surface area contributed by atoms with Crippen LogP contribution in [-0.2, 0) is 19.6 Å². The SMILES string of the molecule is NCC12CC3(CNC(=O)c4c(O)c(=O)ccn4CC(O)CO)CC(CNC(=O)c4c(O)c(=O)ccn4CC(O)CO)(C1)CC(CNC(=O)c1c(O)c(=O)ccn1CC(O)CO)(C2)C3.[Gd+3]. The summed E-state index contributed by atoms with van der Waals surface area (Å²) in [4.78, 5) is 79.4. The molecule has 0 aliphatic heterocycles. The molecule has 1 radical (unpaired) electrons. The van der Waals surface area contributed by atoms with Gasteiger partial charge in [0, 0.05) is 56.4 Å². The topological polar surface area (TPSA) is 361 Å². The summed E-state index contributed by atoms with van der Waals surface area (Å²) in [5.41, 5.74) is -0.541. The van der Waals surface area contributed by atoms with Crippen LogP contribution in [0, 0.1) is 61.6 Å². The molecule has 4 aliphatic carbocycles. The van der Waals surface area contributed by atoms with Crippen LogP contribution in [0.4, 0.5) is 0 Å². The summed E-state index contributed by atoms with van der Waals surface area (Å²) >= 11 is 0. The summed E-state index contributed by atoms with van der Waals surface area (Å²) in [6.45, 7) is -3.12. The Bertz CT molecular complexity index is 2150. The van der Waals surface area contributed by atoms with Crippen molar-refractivity contribution in [1.29, 1.82) is 0 Å². The quantitative estimate of drug-likeness (QED) is 0.0548. The van der Waals surface area contributed by atoms with Crippen molar-refractivity contribution in [3.05, 3.63) is 84.5 Å². The van der Waals surface area contributed by atoms with Crippen LogP contribution in [0.25, 0.3) is 0 Å². The minimum atomic E-state index is -1.34. The Balaban J connectivity index is 0.00000771. The molecule has 3 unspecified atom stereocenters. The number of nitrogens with zero attached hydrogens (tertiary/aromatic N) is 3. The fourth-order valence-electron chi connectivity index (χ4n) is 11.1. The number of hydrogen-bond acceptors (Lipinski definition) is 16. The number of carbonyl (C=O) groups is 3. The summed E-state index contributed by atoms with van der Waals surface area (Å²) in [5.74, 6) is -5.27. The first kappa shape index (κ1) is 50.7. The fourth-order valence-corrected chi connectivity index (χ4v) is 11.1. The van der Waals surface area contributed by atoms with Gasteiger partial charge in [0.1, 0.15) is 0 Å². The van der Waals surface area contributed by atoms with E-state index < -0.39 is 128 Å². The Kier molecular flexibility index (Phi) is 15.9. The molecule has 22 nitrogen and oxygen atoms in total. The number of aromatic nitrogens is 3. The molecule has 4 fully saturated rings. The van der Waals surface area contributed by atoms with Gasteiger partial charge >= 0.3 is 39.9 Å². The van der Waals surface area contributed by atoms with Crippen molar-refractivity contribution in [2.24, 2.45) is 27.4 Å². The van der Waals surface area contributed by atoms with Crippen LogP contribution in [-0.4, -0.2) is 142 Å². The predicted octanol–water partition coefficient (Wildman–Crippen LogP) is -3.78. The van der Waals surface area contributed by atoms with Gasteiger partial charge in [-0.1, -0.05) is 0 Å². The average molecular weight is 1040 g/mol.